The Hall–Kier alpha value is -2.24. The van der Waals surface area contributed by atoms with Crippen LogP contribution in [0.4, 0.5) is 0 Å². The molecule has 0 atom stereocenters. The minimum absolute atomic E-state index is 0.267. The lowest BCUT2D eigenvalue weighted by molar-refractivity contribution is -0.139. The minimum Gasteiger partial charge on any atom is -0.493 e. The highest BCUT2D eigenvalue weighted by atomic mass is 16.5. The molecule has 0 fully saturated rings. The van der Waals surface area contributed by atoms with Crippen molar-refractivity contribution in [1.29, 1.82) is 0 Å². The van der Waals surface area contributed by atoms with Crippen molar-refractivity contribution in [1.82, 2.24) is 0 Å². The number of carbonyl (C=O) groups is 2. The lowest BCUT2D eigenvalue weighted by Gasteiger charge is -2.09. The summed E-state index contributed by atoms with van der Waals surface area (Å²) in [5, 5.41) is 8.44. The van der Waals surface area contributed by atoms with Gasteiger partial charge in [0.1, 0.15) is 5.75 Å². The Morgan fingerprint density at radius 3 is 2.75 bits per heavy atom. The maximum Gasteiger partial charge on any atom is 0.341 e. The molecule has 0 aromatic heterocycles. The summed E-state index contributed by atoms with van der Waals surface area (Å²) >= 11 is 0. The van der Waals surface area contributed by atoms with Gasteiger partial charge in [0.05, 0.1) is 7.11 Å². The van der Waals surface area contributed by atoms with Gasteiger partial charge in [-0.15, -0.1) is 0 Å². The summed E-state index contributed by atoms with van der Waals surface area (Å²) in [6, 6.07) is 4.35. The molecule has 0 amide bonds. The Morgan fingerprint density at radius 1 is 1.44 bits per heavy atom. The van der Waals surface area contributed by atoms with E-state index in [-0.39, 0.29) is 18.0 Å². The van der Waals surface area contributed by atoms with E-state index >= 15 is 0 Å². The zero-order valence-corrected chi connectivity index (χ0v) is 8.50. The van der Waals surface area contributed by atoms with E-state index in [0.29, 0.717) is 5.75 Å². The molecule has 0 aliphatic carbocycles. The summed E-state index contributed by atoms with van der Waals surface area (Å²) in [7, 11) is 1.40. The molecule has 1 aromatic rings. The summed E-state index contributed by atoms with van der Waals surface area (Å²) in [5.74, 6) is -0.242. The van der Waals surface area contributed by atoms with Gasteiger partial charge in [-0.25, -0.2) is 4.79 Å². The van der Waals surface area contributed by atoms with Crippen LogP contribution in [0.2, 0.25) is 0 Å². The monoisotopic (exact) mass is 226 g/mol. The predicted octanol–water partition coefficient (Wildman–Crippen LogP) is 0.694. The first-order valence-corrected chi connectivity index (χ1v) is 4.30. The third kappa shape index (κ3) is 3.16. The fourth-order valence-electron chi connectivity index (χ4n) is 1.04. The van der Waals surface area contributed by atoms with Crippen molar-refractivity contribution in [2.45, 2.75) is 0 Å². The van der Waals surface area contributed by atoms with Crippen molar-refractivity contribution in [2.24, 2.45) is 0 Å². The molecule has 1 aromatic carbocycles. The average molecular weight is 226 g/mol. The molecule has 0 radical (unpaired) electrons. The lowest BCUT2D eigenvalue weighted by Crippen LogP contribution is -2.10. The number of carboxylic acids is 1. The highest BCUT2D eigenvalue weighted by Crippen LogP contribution is 2.30. The molecule has 0 aliphatic heterocycles. The van der Waals surface area contributed by atoms with Gasteiger partial charge in [-0.3, -0.25) is 4.79 Å². The number of benzene rings is 1. The number of methoxy groups -OCH3 is 1. The van der Waals surface area contributed by atoms with Crippen LogP contribution in [-0.2, 0) is 9.59 Å². The van der Waals surface area contributed by atoms with Crippen LogP contribution in [0, 0.1) is 0 Å². The van der Waals surface area contributed by atoms with Gasteiger partial charge in [0, 0.05) is 6.07 Å². The van der Waals surface area contributed by atoms with Gasteiger partial charge in [-0.2, -0.15) is 0 Å². The van der Waals surface area contributed by atoms with Gasteiger partial charge < -0.3 is 19.3 Å². The maximum absolute atomic E-state index is 10.3. The van der Waals surface area contributed by atoms with Gasteiger partial charge >= 0.3 is 5.97 Å². The molecule has 0 bridgehead atoms. The summed E-state index contributed by atoms with van der Waals surface area (Å²) < 4.78 is 14.5. The first-order valence-electron chi connectivity index (χ1n) is 4.30. The molecule has 0 aliphatic rings. The van der Waals surface area contributed by atoms with Crippen LogP contribution < -0.4 is 14.2 Å². The Kier molecular flexibility index (Phi) is 4.14. The summed E-state index contributed by atoms with van der Waals surface area (Å²) in [4.78, 5) is 20.4. The molecule has 0 unspecified atom stereocenters. The molecule has 6 nitrogen and oxygen atoms in total. The van der Waals surface area contributed by atoms with Crippen LogP contribution >= 0.6 is 0 Å². The Morgan fingerprint density at radius 2 is 2.19 bits per heavy atom. The largest absolute Gasteiger partial charge is 0.493 e. The lowest BCUT2D eigenvalue weighted by atomic mass is 10.3. The second-order valence-electron chi connectivity index (χ2n) is 2.71. The number of carbonyl (C=O) groups excluding carboxylic acids is 1. The summed E-state index contributed by atoms with van der Waals surface area (Å²) in [5.41, 5.74) is 0. The van der Waals surface area contributed by atoms with Crippen molar-refractivity contribution >= 4 is 12.4 Å². The predicted molar refractivity (Wildman–Crippen MR) is 52.8 cm³/mol. The van der Waals surface area contributed by atoms with Crippen LogP contribution in [0.15, 0.2) is 18.2 Å². The molecule has 1 rings (SSSR count). The van der Waals surface area contributed by atoms with E-state index in [4.69, 9.17) is 14.6 Å². The molecule has 6 heteroatoms. The van der Waals surface area contributed by atoms with Crippen molar-refractivity contribution in [3.05, 3.63) is 18.2 Å². The van der Waals surface area contributed by atoms with Gasteiger partial charge in [-0.05, 0) is 12.1 Å². The topological polar surface area (TPSA) is 82.1 Å². The fraction of sp³-hybridized carbons (Fsp3) is 0.200. The number of rotatable bonds is 6. The second-order valence-corrected chi connectivity index (χ2v) is 2.71. The Balaban J connectivity index is 2.83. The van der Waals surface area contributed by atoms with Crippen molar-refractivity contribution in [3.63, 3.8) is 0 Å². The molecule has 0 spiro atoms. The van der Waals surface area contributed by atoms with Gasteiger partial charge in [0.15, 0.2) is 18.1 Å². The van der Waals surface area contributed by atoms with Gasteiger partial charge in [-0.1, -0.05) is 0 Å². The number of aliphatic carboxylic acids is 1. The van der Waals surface area contributed by atoms with Crippen LogP contribution in [0.25, 0.3) is 0 Å². The summed E-state index contributed by atoms with van der Waals surface area (Å²) in [6.45, 7) is -0.184. The van der Waals surface area contributed by atoms with Crippen molar-refractivity contribution in [3.8, 4) is 17.2 Å². The first-order chi connectivity index (χ1) is 7.67. The Labute approximate surface area is 91.3 Å². The van der Waals surface area contributed by atoms with Crippen LogP contribution in [0.1, 0.15) is 0 Å². The fourth-order valence-corrected chi connectivity index (χ4v) is 1.04. The van der Waals surface area contributed by atoms with Crippen molar-refractivity contribution in [2.75, 3.05) is 13.7 Å². The SMILES string of the molecule is COc1cc(OC=O)ccc1OCC(=O)O. The highest BCUT2D eigenvalue weighted by Gasteiger charge is 2.08. The van der Waals surface area contributed by atoms with E-state index in [1.165, 1.54) is 25.3 Å². The van der Waals surface area contributed by atoms with E-state index < -0.39 is 12.6 Å². The number of ether oxygens (including phenoxy) is 3. The van der Waals surface area contributed by atoms with Crippen LogP contribution in [0.3, 0.4) is 0 Å². The van der Waals surface area contributed by atoms with Gasteiger partial charge in [0.25, 0.3) is 6.47 Å². The highest BCUT2D eigenvalue weighted by molar-refractivity contribution is 5.68. The molecule has 1 N–H and O–H groups in total. The van der Waals surface area contributed by atoms with E-state index in [0.717, 1.165) is 0 Å². The second kappa shape index (κ2) is 5.59. The normalized spacial score (nSPS) is 9.31. The van der Waals surface area contributed by atoms with E-state index in [9.17, 15) is 9.59 Å². The molecular weight excluding hydrogens is 216 g/mol. The van der Waals surface area contributed by atoms with E-state index in [2.05, 4.69) is 4.74 Å². The zero-order valence-electron chi connectivity index (χ0n) is 8.50. The smallest absolute Gasteiger partial charge is 0.341 e. The zero-order chi connectivity index (χ0) is 12.0. The van der Waals surface area contributed by atoms with Crippen molar-refractivity contribution < 1.29 is 28.9 Å². The van der Waals surface area contributed by atoms with E-state index in [1.54, 1.807) is 0 Å². The third-order valence-electron chi connectivity index (χ3n) is 1.67. The number of carboxylic acid groups (broad SMARTS) is 1. The first kappa shape index (κ1) is 11.8. The van der Waals surface area contributed by atoms with Crippen LogP contribution in [0.5, 0.6) is 17.2 Å². The van der Waals surface area contributed by atoms with Crippen LogP contribution in [-0.4, -0.2) is 31.3 Å². The molecule has 0 saturated carbocycles. The minimum atomic E-state index is -1.09. The molecule has 0 saturated heterocycles. The quantitative estimate of drug-likeness (QED) is 0.719. The standard InChI is InChI=1S/C10H10O6/c1-14-9-4-7(16-6-11)2-3-8(9)15-5-10(12)13/h2-4,6H,5H2,1H3,(H,12,13). The molecule has 86 valence electrons. The Bertz CT molecular complexity index is 387. The third-order valence-corrected chi connectivity index (χ3v) is 1.67. The summed E-state index contributed by atoms with van der Waals surface area (Å²) in [6.07, 6.45) is 0. The van der Waals surface area contributed by atoms with E-state index in [1.807, 2.05) is 0 Å². The number of hydrogen-bond acceptors (Lipinski definition) is 5. The molecular formula is C10H10O6. The number of hydrogen-bond donors (Lipinski definition) is 1. The maximum atomic E-state index is 10.3. The van der Waals surface area contributed by atoms with Gasteiger partial charge in [0.2, 0.25) is 0 Å². The average Bonchev–Trinajstić information content (AvgIpc) is 2.27. The molecule has 16 heavy (non-hydrogen) atoms. The molecule has 0 heterocycles.